The molecule has 0 amide bonds. The van der Waals surface area contributed by atoms with E-state index in [0.717, 1.165) is 22.8 Å². The molecule has 0 aliphatic heterocycles. The van der Waals surface area contributed by atoms with E-state index < -0.39 is 0 Å². The average molecular weight is 274 g/mol. The number of nitrogens with one attached hydrogen (secondary N) is 1. The standard InChI is InChI=1S/C15H22N4O/c1-10-5-7-12(8-6-10)17-13(9-16)14-11(2)18-19(3)15(14)20-4/h5-8,13,17H,9,16H2,1-4H3. The lowest BCUT2D eigenvalue weighted by atomic mass is 10.1. The zero-order chi connectivity index (χ0) is 14.7. The lowest BCUT2D eigenvalue weighted by Gasteiger charge is -2.19. The van der Waals surface area contributed by atoms with E-state index in [4.69, 9.17) is 10.5 Å². The van der Waals surface area contributed by atoms with Crippen LogP contribution in [0.5, 0.6) is 5.88 Å². The second kappa shape index (κ2) is 5.96. The van der Waals surface area contributed by atoms with Crippen LogP contribution in [-0.4, -0.2) is 23.4 Å². The van der Waals surface area contributed by atoms with Crippen molar-refractivity contribution >= 4 is 5.69 Å². The molecule has 1 aromatic carbocycles. The van der Waals surface area contributed by atoms with Crippen LogP contribution in [0.25, 0.3) is 0 Å². The highest BCUT2D eigenvalue weighted by Gasteiger charge is 2.22. The predicted octanol–water partition coefficient (Wildman–Crippen LogP) is 2.16. The molecular formula is C15H22N4O. The van der Waals surface area contributed by atoms with Crippen LogP contribution < -0.4 is 15.8 Å². The molecule has 2 aromatic rings. The van der Waals surface area contributed by atoms with Crippen molar-refractivity contribution in [1.82, 2.24) is 9.78 Å². The Labute approximate surface area is 119 Å². The van der Waals surface area contributed by atoms with Crippen LogP contribution in [0.3, 0.4) is 0 Å². The van der Waals surface area contributed by atoms with Gasteiger partial charge < -0.3 is 15.8 Å². The van der Waals surface area contributed by atoms with Crippen molar-refractivity contribution in [3.05, 3.63) is 41.1 Å². The van der Waals surface area contributed by atoms with Crippen LogP contribution in [-0.2, 0) is 7.05 Å². The number of hydrogen-bond acceptors (Lipinski definition) is 4. The molecule has 5 nitrogen and oxygen atoms in total. The first kappa shape index (κ1) is 14.4. The molecule has 0 aliphatic carbocycles. The van der Waals surface area contributed by atoms with Crippen molar-refractivity contribution in [1.29, 1.82) is 0 Å². The Kier molecular flexibility index (Phi) is 4.29. The maximum atomic E-state index is 5.93. The van der Waals surface area contributed by atoms with Gasteiger partial charge in [0.05, 0.1) is 24.4 Å². The Bertz CT molecular complexity index is 574. The number of nitrogens with zero attached hydrogens (tertiary/aromatic N) is 2. The summed E-state index contributed by atoms with van der Waals surface area (Å²) in [5.74, 6) is 0.748. The van der Waals surface area contributed by atoms with Gasteiger partial charge >= 0.3 is 0 Å². The lowest BCUT2D eigenvalue weighted by Crippen LogP contribution is -2.21. The van der Waals surface area contributed by atoms with Crippen molar-refractivity contribution in [3.8, 4) is 5.88 Å². The van der Waals surface area contributed by atoms with E-state index in [1.165, 1.54) is 5.56 Å². The molecule has 0 saturated heterocycles. The minimum Gasteiger partial charge on any atom is -0.481 e. The number of methoxy groups -OCH3 is 1. The van der Waals surface area contributed by atoms with Crippen molar-refractivity contribution in [2.45, 2.75) is 19.9 Å². The molecule has 0 bridgehead atoms. The largest absolute Gasteiger partial charge is 0.481 e. The van der Waals surface area contributed by atoms with Gasteiger partial charge in [-0.1, -0.05) is 17.7 Å². The molecule has 1 unspecified atom stereocenters. The van der Waals surface area contributed by atoms with Crippen molar-refractivity contribution in [3.63, 3.8) is 0 Å². The number of rotatable bonds is 5. The van der Waals surface area contributed by atoms with Gasteiger partial charge in [-0.05, 0) is 26.0 Å². The Morgan fingerprint density at radius 1 is 1.30 bits per heavy atom. The summed E-state index contributed by atoms with van der Waals surface area (Å²) in [4.78, 5) is 0. The maximum Gasteiger partial charge on any atom is 0.216 e. The molecule has 0 fully saturated rings. The second-order valence-electron chi connectivity index (χ2n) is 4.93. The molecule has 108 valence electrons. The molecule has 1 heterocycles. The van der Waals surface area contributed by atoms with Crippen molar-refractivity contribution < 1.29 is 4.74 Å². The Balaban J connectivity index is 2.30. The fourth-order valence-corrected chi connectivity index (χ4v) is 2.40. The third kappa shape index (κ3) is 2.77. The maximum absolute atomic E-state index is 5.93. The van der Waals surface area contributed by atoms with E-state index in [1.807, 2.05) is 14.0 Å². The average Bonchev–Trinajstić information content (AvgIpc) is 2.72. The van der Waals surface area contributed by atoms with Gasteiger partial charge in [0, 0.05) is 19.3 Å². The minimum atomic E-state index is -0.0265. The van der Waals surface area contributed by atoms with E-state index in [2.05, 4.69) is 41.6 Å². The summed E-state index contributed by atoms with van der Waals surface area (Å²) in [6.45, 7) is 4.51. The first-order valence-electron chi connectivity index (χ1n) is 6.67. The van der Waals surface area contributed by atoms with Crippen LogP contribution in [0.4, 0.5) is 5.69 Å². The van der Waals surface area contributed by atoms with Gasteiger partial charge in [-0.3, -0.25) is 0 Å². The third-order valence-electron chi connectivity index (χ3n) is 3.38. The van der Waals surface area contributed by atoms with Gasteiger partial charge in [0.1, 0.15) is 0 Å². The van der Waals surface area contributed by atoms with Gasteiger partial charge in [-0.2, -0.15) is 5.10 Å². The van der Waals surface area contributed by atoms with Gasteiger partial charge in [0.25, 0.3) is 0 Å². The molecule has 1 aromatic heterocycles. The second-order valence-corrected chi connectivity index (χ2v) is 4.93. The third-order valence-corrected chi connectivity index (χ3v) is 3.38. The number of hydrogen-bond donors (Lipinski definition) is 2. The van der Waals surface area contributed by atoms with E-state index in [1.54, 1.807) is 11.8 Å². The molecular weight excluding hydrogens is 252 g/mol. The number of nitrogens with two attached hydrogens (primary N) is 1. The van der Waals surface area contributed by atoms with E-state index in [9.17, 15) is 0 Å². The molecule has 3 N–H and O–H groups in total. The van der Waals surface area contributed by atoms with Crippen LogP contribution in [0.15, 0.2) is 24.3 Å². The number of aryl methyl sites for hydroxylation is 3. The number of ether oxygens (including phenoxy) is 1. The van der Waals surface area contributed by atoms with Crippen LogP contribution >= 0.6 is 0 Å². The molecule has 0 spiro atoms. The first-order valence-corrected chi connectivity index (χ1v) is 6.67. The van der Waals surface area contributed by atoms with Gasteiger partial charge in [0.15, 0.2) is 0 Å². The lowest BCUT2D eigenvalue weighted by molar-refractivity contribution is 0.367. The fraction of sp³-hybridized carbons (Fsp3) is 0.400. The first-order chi connectivity index (χ1) is 9.56. The summed E-state index contributed by atoms with van der Waals surface area (Å²) in [6, 6.07) is 8.22. The van der Waals surface area contributed by atoms with Gasteiger partial charge in [-0.25, -0.2) is 4.68 Å². The van der Waals surface area contributed by atoms with E-state index in [0.29, 0.717) is 6.54 Å². The predicted molar refractivity (Wildman–Crippen MR) is 81.1 cm³/mol. The topological polar surface area (TPSA) is 65.1 Å². The molecule has 2 rings (SSSR count). The highest BCUT2D eigenvalue weighted by atomic mass is 16.5. The Morgan fingerprint density at radius 2 is 1.95 bits per heavy atom. The monoisotopic (exact) mass is 274 g/mol. The van der Waals surface area contributed by atoms with Gasteiger partial charge in [0.2, 0.25) is 5.88 Å². The molecule has 0 saturated carbocycles. The quantitative estimate of drug-likeness (QED) is 0.877. The number of aromatic nitrogens is 2. The van der Waals surface area contributed by atoms with Gasteiger partial charge in [-0.15, -0.1) is 0 Å². The number of benzene rings is 1. The summed E-state index contributed by atoms with van der Waals surface area (Å²) in [7, 11) is 3.52. The zero-order valence-electron chi connectivity index (χ0n) is 12.5. The Morgan fingerprint density at radius 3 is 2.50 bits per heavy atom. The minimum absolute atomic E-state index is 0.0265. The highest BCUT2D eigenvalue weighted by molar-refractivity contribution is 5.49. The van der Waals surface area contributed by atoms with Crippen LogP contribution in [0.1, 0.15) is 22.9 Å². The summed E-state index contributed by atoms with van der Waals surface area (Å²) >= 11 is 0. The van der Waals surface area contributed by atoms with Crippen LogP contribution in [0, 0.1) is 13.8 Å². The smallest absolute Gasteiger partial charge is 0.216 e. The summed E-state index contributed by atoms with van der Waals surface area (Å²) in [6.07, 6.45) is 0. The molecule has 20 heavy (non-hydrogen) atoms. The molecule has 0 radical (unpaired) electrons. The fourth-order valence-electron chi connectivity index (χ4n) is 2.40. The normalized spacial score (nSPS) is 12.2. The summed E-state index contributed by atoms with van der Waals surface area (Å²) in [5.41, 5.74) is 10.1. The summed E-state index contributed by atoms with van der Waals surface area (Å²) < 4.78 is 7.18. The van der Waals surface area contributed by atoms with Crippen LogP contribution in [0.2, 0.25) is 0 Å². The van der Waals surface area contributed by atoms with E-state index >= 15 is 0 Å². The molecule has 0 aliphatic rings. The van der Waals surface area contributed by atoms with Crippen molar-refractivity contribution in [2.24, 2.45) is 12.8 Å². The highest BCUT2D eigenvalue weighted by Crippen LogP contribution is 2.30. The zero-order valence-corrected chi connectivity index (χ0v) is 12.5. The SMILES string of the molecule is COc1c(C(CN)Nc2ccc(C)cc2)c(C)nn1C. The van der Waals surface area contributed by atoms with E-state index in [-0.39, 0.29) is 6.04 Å². The Hall–Kier alpha value is -2.01. The molecule has 1 atom stereocenters. The van der Waals surface area contributed by atoms with Crippen molar-refractivity contribution in [2.75, 3.05) is 19.0 Å². The number of anilines is 1. The summed E-state index contributed by atoms with van der Waals surface area (Å²) in [5, 5.41) is 7.85. The molecule has 5 heteroatoms.